The maximum absolute atomic E-state index is 12.8. The average molecular weight is 380 g/mol. The molecule has 0 radical (unpaired) electrons. The molecule has 1 atom stereocenters. The Morgan fingerprint density at radius 2 is 1.96 bits per heavy atom. The molecule has 2 rings (SSSR count). The summed E-state index contributed by atoms with van der Waals surface area (Å²) in [7, 11) is 0. The molecule has 26 heavy (non-hydrogen) atoms. The summed E-state index contributed by atoms with van der Waals surface area (Å²) in [5.74, 6) is -0.993. The van der Waals surface area contributed by atoms with E-state index in [1.54, 1.807) is 29.2 Å². The van der Waals surface area contributed by atoms with Crippen LogP contribution in [0.25, 0.3) is 0 Å². The van der Waals surface area contributed by atoms with E-state index in [4.69, 9.17) is 11.6 Å². The molecule has 0 aromatic heterocycles. The van der Waals surface area contributed by atoms with Crippen LogP contribution in [0.1, 0.15) is 34.1 Å². The van der Waals surface area contributed by atoms with Crippen LogP contribution in [0.3, 0.4) is 0 Å². The maximum atomic E-state index is 12.8. The second-order valence-corrected chi connectivity index (χ2v) is 7.91. The van der Waals surface area contributed by atoms with Crippen molar-refractivity contribution < 1.29 is 14.4 Å². The molecule has 1 aliphatic heterocycles. The molecule has 0 saturated carbocycles. The van der Waals surface area contributed by atoms with Crippen LogP contribution in [0.2, 0.25) is 5.02 Å². The standard InChI is InChI=1S/C19H26ClN3O3/c1-5-22(12-16(24)21-19(2,3)4)18(26)13-10-17(25)23(11-13)15-9-7-6-8-14(15)20/h6-9,13H,5,10-12H2,1-4H3,(H,21,24)/t13-/m1/s1. The van der Waals surface area contributed by atoms with Crippen molar-refractivity contribution in [3.8, 4) is 0 Å². The topological polar surface area (TPSA) is 69.7 Å². The Morgan fingerprint density at radius 3 is 2.54 bits per heavy atom. The van der Waals surface area contributed by atoms with Gasteiger partial charge in [0.05, 0.1) is 23.2 Å². The number of para-hydroxylation sites is 1. The zero-order valence-electron chi connectivity index (χ0n) is 15.7. The fraction of sp³-hybridized carbons (Fsp3) is 0.526. The monoisotopic (exact) mass is 379 g/mol. The molecule has 0 spiro atoms. The highest BCUT2D eigenvalue weighted by atomic mass is 35.5. The van der Waals surface area contributed by atoms with Crippen LogP contribution in [0, 0.1) is 5.92 Å². The third-order valence-electron chi connectivity index (χ3n) is 4.16. The average Bonchev–Trinajstić information content (AvgIpc) is 2.92. The van der Waals surface area contributed by atoms with E-state index in [0.29, 0.717) is 17.3 Å². The van der Waals surface area contributed by atoms with Crippen LogP contribution in [0.5, 0.6) is 0 Å². The van der Waals surface area contributed by atoms with E-state index in [2.05, 4.69) is 5.32 Å². The zero-order chi connectivity index (χ0) is 19.5. The van der Waals surface area contributed by atoms with Crippen LogP contribution in [-0.4, -0.2) is 47.8 Å². The van der Waals surface area contributed by atoms with Gasteiger partial charge in [0.15, 0.2) is 0 Å². The first-order chi connectivity index (χ1) is 12.1. The molecule has 0 aliphatic carbocycles. The quantitative estimate of drug-likeness (QED) is 0.854. The van der Waals surface area contributed by atoms with Crippen molar-refractivity contribution in [2.45, 2.75) is 39.7 Å². The lowest BCUT2D eigenvalue weighted by atomic mass is 10.1. The van der Waals surface area contributed by atoms with Gasteiger partial charge in [-0.3, -0.25) is 14.4 Å². The van der Waals surface area contributed by atoms with Gasteiger partial charge in [0.2, 0.25) is 17.7 Å². The molecule has 1 aliphatic rings. The highest BCUT2D eigenvalue weighted by Crippen LogP contribution is 2.31. The van der Waals surface area contributed by atoms with Gasteiger partial charge in [0.1, 0.15) is 0 Å². The number of benzene rings is 1. The Kier molecular flexibility index (Phi) is 6.29. The molecular weight excluding hydrogens is 354 g/mol. The maximum Gasteiger partial charge on any atom is 0.240 e. The molecular formula is C19H26ClN3O3. The predicted octanol–water partition coefficient (Wildman–Crippen LogP) is 2.46. The summed E-state index contributed by atoms with van der Waals surface area (Å²) in [4.78, 5) is 40.4. The number of hydrogen-bond acceptors (Lipinski definition) is 3. The Balaban J connectivity index is 2.06. The molecule has 1 heterocycles. The van der Waals surface area contributed by atoms with Crippen LogP contribution < -0.4 is 10.2 Å². The zero-order valence-corrected chi connectivity index (χ0v) is 16.5. The van der Waals surface area contributed by atoms with Crippen molar-refractivity contribution >= 4 is 35.0 Å². The third kappa shape index (κ3) is 4.97. The SMILES string of the molecule is CCN(CC(=O)NC(C)(C)C)C(=O)[C@@H]1CC(=O)N(c2ccccc2Cl)C1. The van der Waals surface area contributed by atoms with Gasteiger partial charge >= 0.3 is 0 Å². The molecule has 7 heteroatoms. The largest absolute Gasteiger partial charge is 0.350 e. The van der Waals surface area contributed by atoms with E-state index >= 15 is 0 Å². The van der Waals surface area contributed by atoms with Crippen molar-refractivity contribution in [2.24, 2.45) is 5.92 Å². The van der Waals surface area contributed by atoms with Gasteiger partial charge in [-0.25, -0.2) is 0 Å². The van der Waals surface area contributed by atoms with E-state index in [9.17, 15) is 14.4 Å². The van der Waals surface area contributed by atoms with Crippen molar-refractivity contribution in [1.82, 2.24) is 10.2 Å². The summed E-state index contributed by atoms with van der Waals surface area (Å²) >= 11 is 6.17. The first kappa shape index (κ1) is 20.2. The summed E-state index contributed by atoms with van der Waals surface area (Å²) in [6.45, 7) is 8.17. The van der Waals surface area contributed by atoms with Gasteiger partial charge in [-0.05, 0) is 39.8 Å². The van der Waals surface area contributed by atoms with Crippen LogP contribution in [-0.2, 0) is 14.4 Å². The molecule has 1 aromatic carbocycles. The summed E-state index contributed by atoms with van der Waals surface area (Å²) < 4.78 is 0. The fourth-order valence-electron chi connectivity index (χ4n) is 3.01. The number of carbonyl (C=O) groups excluding carboxylic acids is 3. The van der Waals surface area contributed by atoms with Gasteiger partial charge in [0, 0.05) is 25.0 Å². The van der Waals surface area contributed by atoms with E-state index in [1.807, 2.05) is 27.7 Å². The molecule has 0 bridgehead atoms. The van der Waals surface area contributed by atoms with Gasteiger partial charge in [-0.15, -0.1) is 0 Å². The summed E-state index contributed by atoms with van der Waals surface area (Å²) in [5, 5.41) is 3.33. The Labute approximate surface area is 159 Å². The lowest BCUT2D eigenvalue weighted by Gasteiger charge is -2.26. The van der Waals surface area contributed by atoms with Crippen LogP contribution in [0.15, 0.2) is 24.3 Å². The summed E-state index contributed by atoms with van der Waals surface area (Å²) in [5.41, 5.74) is 0.256. The summed E-state index contributed by atoms with van der Waals surface area (Å²) in [6.07, 6.45) is 0.126. The number of carbonyl (C=O) groups is 3. The smallest absolute Gasteiger partial charge is 0.240 e. The number of rotatable bonds is 5. The molecule has 142 valence electrons. The lowest BCUT2D eigenvalue weighted by molar-refractivity contribution is -0.139. The number of halogens is 1. The minimum Gasteiger partial charge on any atom is -0.350 e. The Bertz CT molecular complexity index is 700. The van der Waals surface area contributed by atoms with Gasteiger partial charge in [-0.2, -0.15) is 0 Å². The number of amides is 3. The number of hydrogen-bond donors (Lipinski definition) is 1. The molecule has 1 N–H and O–H groups in total. The first-order valence-corrected chi connectivity index (χ1v) is 9.15. The van der Waals surface area contributed by atoms with Crippen molar-refractivity contribution in [1.29, 1.82) is 0 Å². The highest BCUT2D eigenvalue weighted by Gasteiger charge is 2.38. The van der Waals surface area contributed by atoms with Crippen molar-refractivity contribution in [2.75, 3.05) is 24.5 Å². The molecule has 6 nitrogen and oxygen atoms in total. The van der Waals surface area contributed by atoms with Crippen molar-refractivity contribution in [3.05, 3.63) is 29.3 Å². The Morgan fingerprint density at radius 1 is 1.31 bits per heavy atom. The predicted molar refractivity (Wildman–Crippen MR) is 102 cm³/mol. The van der Waals surface area contributed by atoms with E-state index in [-0.39, 0.29) is 42.8 Å². The number of nitrogens with one attached hydrogen (secondary N) is 1. The number of likely N-dealkylation sites (N-methyl/N-ethyl adjacent to an activating group) is 1. The Hall–Kier alpha value is -2.08. The molecule has 1 fully saturated rings. The molecule has 1 saturated heterocycles. The normalized spacial score (nSPS) is 17.3. The second kappa shape index (κ2) is 8.08. The van der Waals surface area contributed by atoms with E-state index in [0.717, 1.165) is 0 Å². The fourth-order valence-corrected chi connectivity index (χ4v) is 3.25. The minimum absolute atomic E-state index is 0.0105. The van der Waals surface area contributed by atoms with E-state index < -0.39 is 5.92 Å². The molecule has 1 aromatic rings. The van der Waals surface area contributed by atoms with Crippen LogP contribution >= 0.6 is 11.6 Å². The number of nitrogens with zero attached hydrogens (tertiary/aromatic N) is 2. The van der Waals surface area contributed by atoms with Gasteiger partial charge in [0.25, 0.3) is 0 Å². The molecule has 3 amide bonds. The number of anilines is 1. The minimum atomic E-state index is -0.471. The second-order valence-electron chi connectivity index (χ2n) is 7.51. The molecule has 0 unspecified atom stereocenters. The van der Waals surface area contributed by atoms with Crippen LogP contribution in [0.4, 0.5) is 5.69 Å². The van der Waals surface area contributed by atoms with E-state index in [1.165, 1.54) is 4.90 Å². The first-order valence-electron chi connectivity index (χ1n) is 8.77. The van der Waals surface area contributed by atoms with Crippen molar-refractivity contribution in [3.63, 3.8) is 0 Å². The lowest BCUT2D eigenvalue weighted by Crippen LogP contribution is -2.48. The van der Waals surface area contributed by atoms with Gasteiger partial charge < -0.3 is 15.1 Å². The third-order valence-corrected chi connectivity index (χ3v) is 4.48. The highest BCUT2D eigenvalue weighted by molar-refractivity contribution is 6.33. The van der Waals surface area contributed by atoms with Gasteiger partial charge in [-0.1, -0.05) is 23.7 Å². The summed E-state index contributed by atoms with van der Waals surface area (Å²) in [6, 6.07) is 7.08.